The standard InChI is InChI=1S/C19H25N3O2S/c1-14-5-16(8-20-7-14)10-23-17-3-4-24-19(6-17)12-22(13-19)9-18-21-15(2)11-25-18/h5,7-8,11,17H,3-4,6,9-10,12-13H2,1-2H3/t17-/m0/s1. The van der Waals surface area contributed by atoms with Gasteiger partial charge >= 0.3 is 0 Å². The van der Waals surface area contributed by atoms with Crippen LogP contribution in [0.1, 0.15) is 34.7 Å². The maximum absolute atomic E-state index is 6.16. The number of aryl methyl sites for hydroxylation is 2. The van der Waals surface area contributed by atoms with Crippen molar-refractivity contribution in [2.24, 2.45) is 0 Å². The van der Waals surface area contributed by atoms with Gasteiger partial charge in [-0.15, -0.1) is 11.3 Å². The molecule has 1 spiro atoms. The lowest BCUT2D eigenvalue weighted by Crippen LogP contribution is -2.65. The molecule has 0 N–H and O–H groups in total. The summed E-state index contributed by atoms with van der Waals surface area (Å²) in [6, 6.07) is 2.14. The summed E-state index contributed by atoms with van der Waals surface area (Å²) in [6.45, 7) is 8.44. The second kappa shape index (κ2) is 7.11. The lowest BCUT2D eigenvalue weighted by molar-refractivity contribution is -0.200. The summed E-state index contributed by atoms with van der Waals surface area (Å²) in [5.41, 5.74) is 3.43. The van der Waals surface area contributed by atoms with Crippen molar-refractivity contribution in [3.05, 3.63) is 45.7 Å². The number of aromatic nitrogens is 2. The monoisotopic (exact) mass is 359 g/mol. The predicted octanol–water partition coefficient (Wildman–Crippen LogP) is 3.11. The fourth-order valence-electron chi connectivity index (χ4n) is 3.80. The summed E-state index contributed by atoms with van der Waals surface area (Å²) in [4.78, 5) is 11.2. The van der Waals surface area contributed by atoms with E-state index in [1.54, 1.807) is 11.3 Å². The lowest BCUT2D eigenvalue weighted by Gasteiger charge is -2.53. The molecule has 2 aliphatic heterocycles. The van der Waals surface area contributed by atoms with E-state index in [0.29, 0.717) is 6.61 Å². The molecule has 2 aliphatic rings. The van der Waals surface area contributed by atoms with Crippen molar-refractivity contribution < 1.29 is 9.47 Å². The summed E-state index contributed by atoms with van der Waals surface area (Å²) in [5.74, 6) is 0. The molecule has 0 aliphatic carbocycles. The van der Waals surface area contributed by atoms with Crippen LogP contribution in [-0.2, 0) is 22.6 Å². The van der Waals surface area contributed by atoms with Gasteiger partial charge in [0.25, 0.3) is 0 Å². The highest BCUT2D eigenvalue weighted by atomic mass is 32.1. The van der Waals surface area contributed by atoms with Gasteiger partial charge in [-0.25, -0.2) is 4.98 Å². The van der Waals surface area contributed by atoms with Crippen LogP contribution >= 0.6 is 11.3 Å². The van der Waals surface area contributed by atoms with Crippen LogP contribution in [0.5, 0.6) is 0 Å². The molecule has 4 rings (SSSR count). The summed E-state index contributed by atoms with van der Waals surface area (Å²) < 4.78 is 12.3. The summed E-state index contributed by atoms with van der Waals surface area (Å²) in [6.07, 6.45) is 6.01. The van der Waals surface area contributed by atoms with Crippen LogP contribution in [0.3, 0.4) is 0 Å². The predicted molar refractivity (Wildman–Crippen MR) is 97.6 cm³/mol. The Bertz CT molecular complexity index is 727. The molecule has 0 unspecified atom stereocenters. The molecule has 0 aromatic carbocycles. The first kappa shape index (κ1) is 17.1. The fraction of sp³-hybridized carbons (Fsp3) is 0.579. The minimum atomic E-state index is -0.0138. The largest absolute Gasteiger partial charge is 0.373 e. The Labute approximate surface area is 153 Å². The van der Waals surface area contributed by atoms with Crippen molar-refractivity contribution >= 4 is 11.3 Å². The third-order valence-electron chi connectivity index (χ3n) is 4.91. The highest BCUT2D eigenvalue weighted by Gasteiger charge is 2.47. The van der Waals surface area contributed by atoms with Gasteiger partial charge in [-0.1, -0.05) is 6.07 Å². The number of hydrogen-bond donors (Lipinski definition) is 0. The molecule has 0 saturated carbocycles. The van der Waals surface area contributed by atoms with Gasteiger partial charge in [0.05, 0.1) is 24.9 Å². The van der Waals surface area contributed by atoms with E-state index in [2.05, 4.69) is 33.2 Å². The number of rotatable bonds is 5. The normalized spacial score (nSPS) is 22.9. The number of hydrogen-bond acceptors (Lipinski definition) is 6. The Hall–Kier alpha value is -1.34. The quantitative estimate of drug-likeness (QED) is 0.821. The molecule has 0 bridgehead atoms. The number of ether oxygens (including phenoxy) is 2. The van der Waals surface area contributed by atoms with E-state index in [-0.39, 0.29) is 11.7 Å². The average molecular weight is 359 g/mol. The van der Waals surface area contributed by atoms with Crippen molar-refractivity contribution in [2.75, 3.05) is 19.7 Å². The average Bonchev–Trinajstić information content (AvgIpc) is 2.97. The molecule has 2 fully saturated rings. The van der Waals surface area contributed by atoms with E-state index in [9.17, 15) is 0 Å². The highest BCUT2D eigenvalue weighted by molar-refractivity contribution is 7.09. The maximum atomic E-state index is 6.16. The molecule has 4 heterocycles. The summed E-state index contributed by atoms with van der Waals surface area (Å²) >= 11 is 1.75. The van der Waals surface area contributed by atoms with E-state index in [4.69, 9.17) is 9.47 Å². The Balaban J connectivity index is 1.27. The fourth-order valence-corrected chi connectivity index (χ4v) is 4.62. The maximum Gasteiger partial charge on any atom is 0.107 e. The Morgan fingerprint density at radius 3 is 3.00 bits per heavy atom. The van der Waals surface area contributed by atoms with Crippen LogP contribution < -0.4 is 0 Å². The highest BCUT2D eigenvalue weighted by Crippen LogP contribution is 2.36. The number of pyridine rings is 1. The minimum absolute atomic E-state index is 0.0138. The third-order valence-corrected chi connectivity index (χ3v) is 5.87. The molecule has 25 heavy (non-hydrogen) atoms. The van der Waals surface area contributed by atoms with Gasteiger partial charge in [0.2, 0.25) is 0 Å². The van der Waals surface area contributed by atoms with Crippen LogP contribution in [-0.4, -0.2) is 46.3 Å². The van der Waals surface area contributed by atoms with Gasteiger partial charge < -0.3 is 9.47 Å². The van der Waals surface area contributed by atoms with Crippen LogP contribution in [0.2, 0.25) is 0 Å². The molecule has 5 nitrogen and oxygen atoms in total. The topological polar surface area (TPSA) is 47.5 Å². The van der Waals surface area contributed by atoms with Crippen molar-refractivity contribution in [3.8, 4) is 0 Å². The number of thiazole rings is 1. The molecule has 0 amide bonds. The molecule has 6 heteroatoms. The Kier molecular flexibility index (Phi) is 4.86. The third kappa shape index (κ3) is 4.08. The van der Waals surface area contributed by atoms with E-state index in [0.717, 1.165) is 50.3 Å². The zero-order valence-corrected chi connectivity index (χ0v) is 15.7. The molecule has 1 atom stereocenters. The lowest BCUT2D eigenvalue weighted by atomic mass is 9.84. The van der Waals surface area contributed by atoms with Crippen LogP contribution in [0, 0.1) is 13.8 Å². The number of likely N-dealkylation sites (tertiary alicyclic amines) is 1. The van der Waals surface area contributed by atoms with Crippen molar-refractivity contribution in [3.63, 3.8) is 0 Å². The molecule has 134 valence electrons. The Morgan fingerprint density at radius 1 is 1.36 bits per heavy atom. The first-order valence-electron chi connectivity index (χ1n) is 8.90. The molecular formula is C19H25N3O2S. The number of nitrogens with zero attached hydrogens (tertiary/aromatic N) is 3. The first-order chi connectivity index (χ1) is 12.1. The Morgan fingerprint density at radius 2 is 2.24 bits per heavy atom. The molecule has 0 radical (unpaired) electrons. The zero-order chi connectivity index (χ0) is 17.3. The van der Waals surface area contributed by atoms with Gasteiger partial charge in [0.15, 0.2) is 0 Å². The van der Waals surface area contributed by atoms with Crippen molar-refractivity contribution in [2.45, 2.75) is 51.5 Å². The first-order valence-corrected chi connectivity index (χ1v) is 9.78. The van der Waals surface area contributed by atoms with Crippen LogP contribution in [0.25, 0.3) is 0 Å². The van der Waals surface area contributed by atoms with Gasteiger partial charge in [-0.3, -0.25) is 9.88 Å². The van der Waals surface area contributed by atoms with E-state index in [1.165, 1.54) is 10.6 Å². The SMILES string of the molecule is Cc1cncc(CO[C@H]2CCOC3(C2)CN(Cc2nc(C)cs2)C3)c1. The van der Waals surface area contributed by atoms with Crippen LogP contribution in [0.4, 0.5) is 0 Å². The second-order valence-corrected chi connectivity index (χ2v) is 8.30. The van der Waals surface area contributed by atoms with E-state index >= 15 is 0 Å². The van der Waals surface area contributed by atoms with Gasteiger partial charge in [0.1, 0.15) is 5.01 Å². The molecular weight excluding hydrogens is 334 g/mol. The van der Waals surface area contributed by atoms with E-state index < -0.39 is 0 Å². The van der Waals surface area contributed by atoms with E-state index in [1.807, 2.05) is 19.3 Å². The molecule has 2 aromatic heterocycles. The smallest absolute Gasteiger partial charge is 0.107 e. The van der Waals surface area contributed by atoms with Gasteiger partial charge in [-0.05, 0) is 31.4 Å². The minimum Gasteiger partial charge on any atom is -0.373 e. The molecule has 2 aromatic rings. The van der Waals surface area contributed by atoms with Crippen LogP contribution in [0.15, 0.2) is 23.8 Å². The summed E-state index contributed by atoms with van der Waals surface area (Å²) in [7, 11) is 0. The van der Waals surface area contributed by atoms with Crippen molar-refractivity contribution in [1.29, 1.82) is 0 Å². The second-order valence-electron chi connectivity index (χ2n) is 7.36. The molecule has 2 saturated heterocycles. The van der Waals surface area contributed by atoms with Gasteiger partial charge in [0, 0.05) is 49.6 Å². The van der Waals surface area contributed by atoms with Gasteiger partial charge in [-0.2, -0.15) is 0 Å². The van der Waals surface area contributed by atoms with Crippen molar-refractivity contribution in [1.82, 2.24) is 14.9 Å². The summed E-state index contributed by atoms with van der Waals surface area (Å²) in [5, 5.41) is 3.31. The zero-order valence-electron chi connectivity index (χ0n) is 14.9.